The van der Waals surface area contributed by atoms with Crippen molar-refractivity contribution in [1.29, 1.82) is 0 Å². The molecular weight excluding hydrogens is 464 g/mol. The number of nitrogens with zero attached hydrogens (tertiary/aromatic N) is 1. The molecule has 2 atom stereocenters. The predicted octanol–water partition coefficient (Wildman–Crippen LogP) is 4.99. The second-order valence-electron chi connectivity index (χ2n) is 7.97. The fourth-order valence-electron chi connectivity index (χ4n) is 4.48. The van der Waals surface area contributed by atoms with Crippen molar-refractivity contribution in [2.24, 2.45) is 0 Å². The first kappa shape index (κ1) is 21.4. The van der Waals surface area contributed by atoms with Crippen LogP contribution in [0, 0.1) is 5.82 Å². The van der Waals surface area contributed by atoms with Crippen LogP contribution >= 0.6 is 0 Å². The Morgan fingerprint density at radius 1 is 0.939 bits per heavy atom. The fraction of sp³-hybridized carbons (Fsp3) is 0.182. The van der Waals surface area contributed by atoms with E-state index in [1.807, 2.05) is 12.2 Å². The highest BCUT2D eigenvalue weighted by Gasteiger charge is 2.41. The molecule has 2 aliphatic carbocycles. The summed E-state index contributed by atoms with van der Waals surface area (Å²) in [5.41, 5.74) is -1.01. The third-order valence-corrected chi connectivity index (χ3v) is 7.30. The number of alkyl halides is 3. The highest BCUT2D eigenvalue weighted by Crippen LogP contribution is 2.57. The van der Waals surface area contributed by atoms with Crippen molar-refractivity contribution in [2.45, 2.75) is 29.3 Å². The zero-order chi connectivity index (χ0) is 23.7. The first-order valence-electron chi connectivity index (χ1n) is 9.81. The van der Waals surface area contributed by atoms with Crippen molar-refractivity contribution in [3.05, 3.63) is 77.1 Å². The van der Waals surface area contributed by atoms with E-state index in [0.29, 0.717) is 29.7 Å². The molecule has 3 N–H and O–H groups in total. The zero-order valence-corrected chi connectivity index (χ0v) is 17.5. The SMILES string of the molecule is O=S(=O)(Nc1cc(-n2c(O)c3c(c2O)[C@H]2C=C[C@@H]3C2)cc(C(F)(F)F)c1)c1ccc(F)cc1. The van der Waals surface area contributed by atoms with Crippen molar-refractivity contribution in [2.75, 3.05) is 4.72 Å². The molecule has 172 valence electrons. The highest BCUT2D eigenvalue weighted by atomic mass is 32.2. The number of aromatic hydroxyl groups is 2. The van der Waals surface area contributed by atoms with Crippen LogP contribution < -0.4 is 4.72 Å². The minimum absolute atomic E-state index is 0.153. The van der Waals surface area contributed by atoms with E-state index in [1.54, 1.807) is 0 Å². The lowest BCUT2D eigenvalue weighted by molar-refractivity contribution is -0.137. The lowest BCUT2D eigenvalue weighted by Crippen LogP contribution is -2.15. The van der Waals surface area contributed by atoms with Gasteiger partial charge in [-0.15, -0.1) is 0 Å². The summed E-state index contributed by atoms with van der Waals surface area (Å²) < 4.78 is 82.1. The fourth-order valence-corrected chi connectivity index (χ4v) is 5.52. The zero-order valence-electron chi connectivity index (χ0n) is 16.6. The summed E-state index contributed by atoms with van der Waals surface area (Å²) in [7, 11) is -4.34. The summed E-state index contributed by atoms with van der Waals surface area (Å²) in [5.74, 6) is -1.78. The molecule has 0 unspecified atom stereocenters. The van der Waals surface area contributed by atoms with E-state index in [9.17, 15) is 36.2 Å². The smallest absolute Gasteiger partial charge is 0.416 e. The Kier molecular flexibility index (Phi) is 4.54. The van der Waals surface area contributed by atoms with Crippen LogP contribution in [-0.2, 0) is 16.2 Å². The first-order chi connectivity index (χ1) is 15.5. The number of allylic oxidation sites excluding steroid dienone is 2. The number of halogens is 4. The number of hydrogen-bond donors (Lipinski definition) is 3. The number of aromatic nitrogens is 1. The van der Waals surface area contributed by atoms with Gasteiger partial charge >= 0.3 is 6.18 Å². The molecule has 1 aromatic heterocycles. The van der Waals surface area contributed by atoms with E-state index in [0.717, 1.165) is 34.9 Å². The number of nitrogens with one attached hydrogen (secondary N) is 1. The van der Waals surface area contributed by atoms with Crippen molar-refractivity contribution in [3.8, 4) is 17.4 Å². The monoisotopic (exact) mass is 480 g/mol. The van der Waals surface area contributed by atoms with Gasteiger partial charge in [-0.1, -0.05) is 12.2 Å². The summed E-state index contributed by atoms with van der Waals surface area (Å²) in [4.78, 5) is -0.351. The highest BCUT2D eigenvalue weighted by molar-refractivity contribution is 7.92. The van der Waals surface area contributed by atoms with E-state index in [1.165, 1.54) is 0 Å². The number of rotatable bonds is 4. The molecule has 5 rings (SSSR count). The number of sulfonamides is 1. The molecule has 0 saturated heterocycles. The predicted molar refractivity (Wildman–Crippen MR) is 111 cm³/mol. The Morgan fingerprint density at radius 2 is 1.52 bits per heavy atom. The summed E-state index contributed by atoms with van der Waals surface area (Å²) in [6.07, 6.45) is -0.443. The summed E-state index contributed by atoms with van der Waals surface area (Å²) in [6, 6.07) is 6.14. The number of fused-ring (bicyclic) bond motifs is 5. The average molecular weight is 480 g/mol. The second-order valence-corrected chi connectivity index (χ2v) is 9.65. The molecule has 0 spiro atoms. The molecule has 0 saturated carbocycles. The maximum absolute atomic E-state index is 13.6. The maximum Gasteiger partial charge on any atom is 0.416 e. The Hall–Kier alpha value is -3.47. The van der Waals surface area contributed by atoms with Crippen molar-refractivity contribution in [3.63, 3.8) is 0 Å². The molecule has 3 aromatic rings. The minimum Gasteiger partial charge on any atom is -0.494 e. The topological polar surface area (TPSA) is 91.6 Å². The van der Waals surface area contributed by atoms with Crippen molar-refractivity contribution < 1.29 is 36.2 Å². The van der Waals surface area contributed by atoms with E-state index >= 15 is 0 Å². The van der Waals surface area contributed by atoms with Gasteiger partial charge in [0, 0.05) is 23.0 Å². The third-order valence-electron chi connectivity index (χ3n) is 5.90. The largest absolute Gasteiger partial charge is 0.494 e. The normalized spacial score (nSPS) is 19.2. The molecule has 0 aliphatic heterocycles. The number of anilines is 1. The molecule has 6 nitrogen and oxygen atoms in total. The average Bonchev–Trinajstić information content (AvgIpc) is 3.41. The van der Waals surface area contributed by atoms with Crippen LogP contribution in [0.15, 0.2) is 59.5 Å². The Morgan fingerprint density at radius 3 is 2.06 bits per heavy atom. The van der Waals surface area contributed by atoms with Gasteiger partial charge < -0.3 is 10.2 Å². The van der Waals surface area contributed by atoms with Crippen LogP contribution in [-0.4, -0.2) is 23.2 Å². The van der Waals surface area contributed by atoms with Crippen molar-refractivity contribution >= 4 is 15.7 Å². The quantitative estimate of drug-likeness (QED) is 0.363. The molecule has 2 bridgehead atoms. The van der Waals surface area contributed by atoms with Crippen LogP contribution in [0.25, 0.3) is 5.69 Å². The molecule has 11 heteroatoms. The van der Waals surface area contributed by atoms with Crippen LogP contribution in [0.4, 0.5) is 23.2 Å². The standard InChI is InChI=1S/C22H16F4N2O4S/c23-14-3-5-17(6-4-14)33(31,32)27-15-8-13(22(24,25)26)9-16(10-15)28-20(29)18-11-1-2-12(7-11)19(18)21(28)30/h1-6,8-12,27,29-30H,7H2/t11-,12+. The molecule has 0 radical (unpaired) electrons. The lowest BCUT2D eigenvalue weighted by atomic mass is 10.0. The third kappa shape index (κ3) is 3.43. The molecule has 0 fully saturated rings. The summed E-state index contributed by atoms with van der Waals surface area (Å²) in [6.45, 7) is 0. The van der Waals surface area contributed by atoms with Crippen LogP contribution in [0.3, 0.4) is 0 Å². The molecule has 0 amide bonds. The first-order valence-corrected chi connectivity index (χ1v) is 11.3. The van der Waals surface area contributed by atoms with Gasteiger partial charge in [0.25, 0.3) is 10.0 Å². The van der Waals surface area contributed by atoms with Crippen LogP contribution in [0.1, 0.15) is 34.9 Å². The summed E-state index contributed by atoms with van der Waals surface area (Å²) >= 11 is 0. The lowest BCUT2D eigenvalue weighted by Gasteiger charge is -2.16. The summed E-state index contributed by atoms with van der Waals surface area (Å²) in [5, 5.41) is 21.5. The van der Waals surface area contributed by atoms with Gasteiger partial charge in [0.2, 0.25) is 11.8 Å². The minimum atomic E-state index is -4.84. The van der Waals surface area contributed by atoms with Gasteiger partial charge in [-0.25, -0.2) is 12.8 Å². The van der Waals surface area contributed by atoms with Gasteiger partial charge in [0.1, 0.15) is 5.82 Å². The van der Waals surface area contributed by atoms with E-state index in [-0.39, 0.29) is 22.4 Å². The number of benzene rings is 2. The maximum atomic E-state index is 13.6. The van der Waals surface area contributed by atoms with Gasteiger partial charge in [0.15, 0.2) is 0 Å². The van der Waals surface area contributed by atoms with Gasteiger partial charge in [-0.3, -0.25) is 9.29 Å². The molecule has 2 aliphatic rings. The Bertz CT molecular complexity index is 1370. The second kappa shape index (κ2) is 7.01. The number of hydrogen-bond acceptors (Lipinski definition) is 4. The molecule has 2 aromatic carbocycles. The van der Waals surface area contributed by atoms with E-state index in [2.05, 4.69) is 4.72 Å². The Balaban J connectivity index is 1.62. The molecular formula is C22H16F4N2O4S. The van der Waals surface area contributed by atoms with E-state index < -0.39 is 45.0 Å². The van der Waals surface area contributed by atoms with Gasteiger partial charge in [-0.2, -0.15) is 13.2 Å². The molecule has 1 heterocycles. The van der Waals surface area contributed by atoms with E-state index in [4.69, 9.17) is 0 Å². The van der Waals surface area contributed by atoms with Crippen LogP contribution in [0.2, 0.25) is 0 Å². The van der Waals surface area contributed by atoms with Crippen LogP contribution in [0.5, 0.6) is 11.8 Å². The van der Waals surface area contributed by atoms with Gasteiger partial charge in [0.05, 0.1) is 21.8 Å². The Labute approximate surface area is 185 Å². The molecule has 33 heavy (non-hydrogen) atoms. The van der Waals surface area contributed by atoms with Gasteiger partial charge in [-0.05, 0) is 48.9 Å². The van der Waals surface area contributed by atoms with Crippen molar-refractivity contribution in [1.82, 2.24) is 4.57 Å².